The summed E-state index contributed by atoms with van der Waals surface area (Å²) >= 11 is 0. The number of nitrogens with two attached hydrogens (primary N) is 1. The summed E-state index contributed by atoms with van der Waals surface area (Å²) < 4.78 is 0. The van der Waals surface area contributed by atoms with Crippen LogP contribution in [0.1, 0.15) is 35.6 Å². The van der Waals surface area contributed by atoms with Gasteiger partial charge < -0.3 is 5.73 Å². The van der Waals surface area contributed by atoms with E-state index >= 15 is 0 Å². The second-order valence-corrected chi connectivity index (χ2v) is 4.21. The zero-order chi connectivity index (χ0) is 9.42. The number of benzene rings is 1. The van der Waals surface area contributed by atoms with E-state index < -0.39 is 0 Å². The van der Waals surface area contributed by atoms with Crippen LogP contribution in [-0.4, -0.2) is 0 Å². The van der Waals surface area contributed by atoms with E-state index in [9.17, 15) is 0 Å². The predicted molar refractivity (Wildman–Crippen MR) is 55.6 cm³/mol. The smallest absolute Gasteiger partial charge is 0.0323 e. The molecule has 1 aliphatic carbocycles. The molecule has 0 spiro atoms. The molecule has 1 aromatic carbocycles. The molecule has 1 atom stereocenters. The lowest BCUT2D eigenvalue weighted by Gasteiger charge is -2.12. The van der Waals surface area contributed by atoms with Crippen LogP contribution in [0, 0.1) is 19.8 Å². The molecule has 1 nitrogen and oxygen atoms in total. The molecule has 1 aromatic rings. The van der Waals surface area contributed by atoms with Gasteiger partial charge in [-0.25, -0.2) is 0 Å². The summed E-state index contributed by atoms with van der Waals surface area (Å²) in [5, 5.41) is 0. The highest BCUT2D eigenvalue weighted by Gasteiger charge is 2.29. The highest BCUT2D eigenvalue weighted by Crippen LogP contribution is 2.39. The van der Waals surface area contributed by atoms with Crippen LogP contribution in [0.15, 0.2) is 18.2 Å². The van der Waals surface area contributed by atoms with E-state index in [4.69, 9.17) is 5.73 Å². The van der Waals surface area contributed by atoms with Gasteiger partial charge in [0.15, 0.2) is 0 Å². The van der Waals surface area contributed by atoms with Gasteiger partial charge in [0.2, 0.25) is 0 Å². The first-order chi connectivity index (χ1) is 6.18. The van der Waals surface area contributed by atoms with Gasteiger partial charge in [0.1, 0.15) is 0 Å². The standard InChI is InChI=1S/C12H17N/c1-8-3-4-11(7-9(8)2)12(13)10-5-6-10/h3-4,7,10,12H,5-6,13H2,1-2H3. The van der Waals surface area contributed by atoms with Gasteiger partial charge in [0, 0.05) is 6.04 Å². The Morgan fingerprint density at radius 2 is 1.92 bits per heavy atom. The molecule has 1 saturated carbocycles. The van der Waals surface area contributed by atoms with Crippen LogP contribution < -0.4 is 5.73 Å². The monoisotopic (exact) mass is 175 g/mol. The quantitative estimate of drug-likeness (QED) is 0.734. The third-order valence-electron chi connectivity index (χ3n) is 3.05. The van der Waals surface area contributed by atoms with Crippen molar-refractivity contribution in [2.45, 2.75) is 32.7 Å². The van der Waals surface area contributed by atoms with E-state index in [1.54, 1.807) is 0 Å². The first-order valence-corrected chi connectivity index (χ1v) is 5.01. The summed E-state index contributed by atoms with van der Waals surface area (Å²) in [6, 6.07) is 6.86. The normalized spacial score (nSPS) is 18.7. The van der Waals surface area contributed by atoms with Crippen molar-refractivity contribution in [3.05, 3.63) is 34.9 Å². The molecule has 13 heavy (non-hydrogen) atoms. The van der Waals surface area contributed by atoms with Crippen molar-refractivity contribution in [2.24, 2.45) is 11.7 Å². The summed E-state index contributed by atoms with van der Waals surface area (Å²) in [6.45, 7) is 4.29. The van der Waals surface area contributed by atoms with Gasteiger partial charge in [0.05, 0.1) is 0 Å². The molecule has 0 aliphatic heterocycles. The van der Waals surface area contributed by atoms with Crippen molar-refractivity contribution < 1.29 is 0 Å². The summed E-state index contributed by atoms with van der Waals surface area (Å²) in [5.74, 6) is 0.752. The first kappa shape index (κ1) is 8.76. The highest BCUT2D eigenvalue weighted by atomic mass is 14.7. The van der Waals surface area contributed by atoms with Gasteiger partial charge in [-0.2, -0.15) is 0 Å². The predicted octanol–water partition coefficient (Wildman–Crippen LogP) is 2.71. The molecule has 70 valence electrons. The van der Waals surface area contributed by atoms with E-state index in [2.05, 4.69) is 32.0 Å². The Kier molecular flexibility index (Phi) is 2.12. The van der Waals surface area contributed by atoms with E-state index in [0.717, 1.165) is 5.92 Å². The van der Waals surface area contributed by atoms with E-state index in [-0.39, 0.29) is 6.04 Å². The maximum Gasteiger partial charge on any atom is 0.0323 e. The van der Waals surface area contributed by atoms with Crippen molar-refractivity contribution in [1.29, 1.82) is 0 Å². The zero-order valence-corrected chi connectivity index (χ0v) is 8.38. The summed E-state index contributed by atoms with van der Waals surface area (Å²) in [5.41, 5.74) is 10.1. The molecule has 1 aliphatic rings. The number of rotatable bonds is 2. The lowest BCUT2D eigenvalue weighted by atomic mass is 9.99. The third-order valence-corrected chi connectivity index (χ3v) is 3.05. The Balaban J connectivity index is 2.24. The van der Waals surface area contributed by atoms with Crippen molar-refractivity contribution in [1.82, 2.24) is 0 Å². The Morgan fingerprint density at radius 3 is 2.46 bits per heavy atom. The van der Waals surface area contributed by atoms with E-state index in [1.165, 1.54) is 29.5 Å². The summed E-state index contributed by atoms with van der Waals surface area (Å²) in [4.78, 5) is 0. The minimum absolute atomic E-state index is 0.277. The number of hydrogen-bond donors (Lipinski definition) is 1. The van der Waals surface area contributed by atoms with Crippen molar-refractivity contribution >= 4 is 0 Å². The summed E-state index contributed by atoms with van der Waals surface area (Å²) in [7, 11) is 0. The van der Waals surface area contributed by atoms with Crippen molar-refractivity contribution in [2.75, 3.05) is 0 Å². The molecule has 0 bridgehead atoms. The molecule has 0 radical (unpaired) electrons. The van der Waals surface area contributed by atoms with Crippen molar-refractivity contribution in [3.63, 3.8) is 0 Å². The first-order valence-electron chi connectivity index (χ1n) is 5.01. The largest absolute Gasteiger partial charge is 0.324 e. The SMILES string of the molecule is Cc1ccc(C(N)C2CC2)cc1C. The maximum absolute atomic E-state index is 6.12. The lowest BCUT2D eigenvalue weighted by Crippen LogP contribution is -2.12. The van der Waals surface area contributed by atoms with Gasteiger partial charge in [-0.1, -0.05) is 18.2 Å². The lowest BCUT2D eigenvalue weighted by molar-refractivity contribution is 0.633. The van der Waals surface area contributed by atoms with Crippen LogP contribution in [0.4, 0.5) is 0 Å². The van der Waals surface area contributed by atoms with Crippen LogP contribution in [0.5, 0.6) is 0 Å². The molecular weight excluding hydrogens is 158 g/mol. The Hall–Kier alpha value is -0.820. The average Bonchev–Trinajstić information content (AvgIpc) is 2.91. The van der Waals surface area contributed by atoms with Crippen LogP contribution in [-0.2, 0) is 0 Å². The van der Waals surface area contributed by atoms with E-state index in [0.29, 0.717) is 0 Å². The zero-order valence-electron chi connectivity index (χ0n) is 8.38. The van der Waals surface area contributed by atoms with E-state index in [1.807, 2.05) is 0 Å². The second-order valence-electron chi connectivity index (χ2n) is 4.21. The molecular formula is C12H17N. The average molecular weight is 175 g/mol. The highest BCUT2D eigenvalue weighted by molar-refractivity contribution is 5.32. The van der Waals surface area contributed by atoms with Crippen LogP contribution in [0.2, 0.25) is 0 Å². The fourth-order valence-electron chi connectivity index (χ4n) is 1.70. The molecule has 1 fully saturated rings. The second kappa shape index (κ2) is 3.15. The molecule has 0 saturated heterocycles. The fourth-order valence-corrected chi connectivity index (χ4v) is 1.70. The van der Waals surface area contributed by atoms with Gasteiger partial charge in [-0.3, -0.25) is 0 Å². The maximum atomic E-state index is 6.12. The Morgan fingerprint density at radius 1 is 1.23 bits per heavy atom. The molecule has 2 N–H and O–H groups in total. The minimum Gasteiger partial charge on any atom is -0.324 e. The van der Waals surface area contributed by atoms with Crippen LogP contribution in [0.3, 0.4) is 0 Å². The molecule has 2 rings (SSSR count). The molecule has 0 heterocycles. The minimum atomic E-state index is 0.277. The Bertz CT molecular complexity index is 313. The molecule has 1 unspecified atom stereocenters. The summed E-state index contributed by atoms with van der Waals surface area (Å²) in [6.07, 6.45) is 2.63. The molecule has 1 heteroatoms. The van der Waals surface area contributed by atoms with Gasteiger partial charge in [-0.05, 0) is 49.3 Å². The molecule has 0 amide bonds. The van der Waals surface area contributed by atoms with Crippen LogP contribution in [0.25, 0.3) is 0 Å². The topological polar surface area (TPSA) is 26.0 Å². The number of hydrogen-bond acceptors (Lipinski definition) is 1. The van der Waals surface area contributed by atoms with Gasteiger partial charge >= 0.3 is 0 Å². The van der Waals surface area contributed by atoms with Crippen molar-refractivity contribution in [3.8, 4) is 0 Å². The van der Waals surface area contributed by atoms with Gasteiger partial charge in [-0.15, -0.1) is 0 Å². The molecule has 0 aromatic heterocycles. The third kappa shape index (κ3) is 1.75. The van der Waals surface area contributed by atoms with Gasteiger partial charge in [0.25, 0.3) is 0 Å². The Labute approximate surface area is 80.0 Å². The van der Waals surface area contributed by atoms with Crippen LogP contribution >= 0.6 is 0 Å². The fraction of sp³-hybridized carbons (Fsp3) is 0.500. The number of aryl methyl sites for hydroxylation is 2.